The predicted molar refractivity (Wildman–Crippen MR) is 112 cm³/mol. The first kappa shape index (κ1) is 19.2. The zero-order valence-corrected chi connectivity index (χ0v) is 16.3. The number of benzene rings is 2. The van der Waals surface area contributed by atoms with Crippen LogP contribution in [0.3, 0.4) is 0 Å². The topological polar surface area (TPSA) is 61.0 Å². The Bertz CT molecular complexity index is 939. The molecule has 4 rings (SSSR count). The summed E-state index contributed by atoms with van der Waals surface area (Å²) in [5, 5.41) is 10.6. The molecule has 1 atom stereocenters. The third-order valence-electron chi connectivity index (χ3n) is 5.31. The number of H-pyrrole nitrogens is 1. The van der Waals surface area contributed by atoms with Crippen LogP contribution < -0.4 is 10.2 Å². The second kappa shape index (κ2) is 8.90. The molecule has 1 aliphatic rings. The van der Waals surface area contributed by atoms with Crippen LogP contribution in [0, 0.1) is 5.82 Å². The number of aryl methyl sites for hydroxylation is 1. The van der Waals surface area contributed by atoms with Crippen molar-refractivity contribution in [3.8, 4) is 11.3 Å². The first-order valence-electron chi connectivity index (χ1n) is 10.1. The molecule has 2 N–H and O–H groups in total. The molecule has 1 aromatic heterocycles. The van der Waals surface area contributed by atoms with Crippen molar-refractivity contribution >= 4 is 11.7 Å². The van der Waals surface area contributed by atoms with Gasteiger partial charge in [-0.2, -0.15) is 5.10 Å². The average Bonchev–Trinajstić information content (AvgIpc) is 3.24. The molecule has 3 aromatic rings. The lowest BCUT2D eigenvalue weighted by atomic mass is 10.0. The maximum atomic E-state index is 13.1. The fourth-order valence-electron chi connectivity index (χ4n) is 3.76. The van der Waals surface area contributed by atoms with E-state index in [2.05, 4.69) is 20.4 Å². The molecular weight excluding hydrogens is 367 g/mol. The molecule has 6 heteroatoms. The number of carbonyl (C=O) groups excluding carboxylic acids is 1. The number of halogens is 1. The Balaban J connectivity index is 1.32. The van der Waals surface area contributed by atoms with E-state index in [0.29, 0.717) is 6.42 Å². The van der Waals surface area contributed by atoms with Crippen LogP contribution in [0.5, 0.6) is 0 Å². The Morgan fingerprint density at radius 2 is 1.97 bits per heavy atom. The molecular formula is C23H25FN4O. The van der Waals surface area contributed by atoms with Crippen LogP contribution in [0.25, 0.3) is 11.3 Å². The van der Waals surface area contributed by atoms with Gasteiger partial charge in [0.1, 0.15) is 5.82 Å². The molecule has 0 saturated carbocycles. The number of aromatic amines is 1. The van der Waals surface area contributed by atoms with Crippen molar-refractivity contribution in [2.24, 2.45) is 0 Å². The summed E-state index contributed by atoms with van der Waals surface area (Å²) >= 11 is 0. The minimum absolute atomic E-state index is 0.0923. The van der Waals surface area contributed by atoms with Crippen LogP contribution in [0.2, 0.25) is 0 Å². The van der Waals surface area contributed by atoms with Gasteiger partial charge in [0, 0.05) is 31.6 Å². The van der Waals surface area contributed by atoms with Gasteiger partial charge in [-0.15, -0.1) is 0 Å². The standard InChI is InChI=1S/C23H25FN4O/c24-19-11-9-18(10-12-19)21-15-22(27-26-21)28-14-4-7-20(16-28)25-23(29)13-8-17-5-2-1-3-6-17/h1-3,5-6,9-12,15,20H,4,7-8,13-14,16H2,(H,25,29)(H,26,27). The molecule has 1 saturated heterocycles. The average molecular weight is 392 g/mol. The van der Waals surface area contributed by atoms with Crippen molar-refractivity contribution < 1.29 is 9.18 Å². The lowest BCUT2D eigenvalue weighted by Gasteiger charge is -2.33. The highest BCUT2D eigenvalue weighted by Gasteiger charge is 2.23. The number of rotatable bonds is 6. The van der Waals surface area contributed by atoms with Crippen LogP contribution in [0.1, 0.15) is 24.8 Å². The van der Waals surface area contributed by atoms with E-state index in [4.69, 9.17) is 0 Å². The Morgan fingerprint density at radius 3 is 2.76 bits per heavy atom. The van der Waals surface area contributed by atoms with E-state index in [9.17, 15) is 9.18 Å². The van der Waals surface area contributed by atoms with E-state index in [1.165, 1.54) is 17.7 Å². The van der Waals surface area contributed by atoms with Gasteiger partial charge in [-0.1, -0.05) is 30.3 Å². The molecule has 150 valence electrons. The molecule has 1 amide bonds. The summed E-state index contributed by atoms with van der Waals surface area (Å²) in [6.07, 6.45) is 3.23. The number of nitrogens with one attached hydrogen (secondary N) is 2. The van der Waals surface area contributed by atoms with E-state index in [0.717, 1.165) is 49.4 Å². The summed E-state index contributed by atoms with van der Waals surface area (Å²) in [6.45, 7) is 1.65. The minimum atomic E-state index is -0.254. The molecule has 5 nitrogen and oxygen atoms in total. The van der Waals surface area contributed by atoms with Gasteiger partial charge in [-0.25, -0.2) is 4.39 Å². The Hall–Kier alpha value is -3.15. The lowest BCUT2D eigenvalue weighted by Crippen LogP contribution is -2.48. The van der Waals surface area contributed by atoms with Crippen LogP contribution >= 0.6 is 0 Å². The van der Waals surface area contributed by atoms with Crippen LogP contribution in [0.15, 0.2) is 60.7 Å². The van der Waals surface area contributed by atoms with E-state index in [1.807, 2.05) is 36.4 Å². The first-order chi connectivity index (χ1) is 14.2. The molecule has 1 aliphatic heterocycles. The molecule has 1 unspecified atom stereocenters. The molecule has 29 heavy (non-hydrogen) atoms. The molecule has 0 radical (unpaired) electrons. The molecule has 1 fully saturated rings. The number of piperidine rings is 1. The minimum Gasteiger partial charge on any atom is -0.353 e. The number of carbonyl (C=O) groups is 1. The maximum Gasteiger partial charge on any atom is 0.220 e. The van der Waals surface area contributed by atoms with Crippen molar-refractivity contribution in [1.82, 2.24) is 15.5 Å². The Labute approximate surface area is 169 Å². The normalized spacial score (nSPS) is 16.6. The van der Waals surface area contributed by atoms with Crippen molar-refractivity contribution in [3.05, 3.63) is 72.0 Å². The van der Waals surface area contributed by atoms with Gasteiger partial charge < -0.3 is 10.2 Å². The van der Waals surface area contributed by atoms with Crippen LogP contribution in [0.4, 0.5) is 10.2 Å². The number of nitrogens with zero attached hydrogens (tertiary/aromatic N) is 2. The number of hydrogen-bond acceptors (Lipinski definition) is 3. The quantitative estimate of drug-likeness (QED) is 0.668. The first-order valence-corrected chi connectivity index (χ1v) is 10.1. The van der Waals surface area contributed by atoms with Gasteiger partial charge in [-0.3, -0.25) is 9.89 Å². The van der Waals surface area contributed by atoms with Crippen LogP contribution in [-0.2, 0) is 11.2 Å². The van der Waals surface area contributed by atoms with E-state index < -0.39 is 0 Å². The van der Waals surface area contributed by atoms with Gasteiger partial charge in [0.25, 0.3) is 0 Å². The third-order valence-corrected chi connectivity index (χ3v) is 5.31. The van der Waals surface area contributed by atoms with Gasteiger partial charge in [0.05, 0.1) is 5.69 Å². The fourth-order valence-corrected chi connectivity index (χ4v) is 3.76. The molecule has 2 heterocycles. The second-order valence-electron chi connectivity index (χ2n) is 7.48. The van der Waals surface area contributed by atoms with Crippen molar-refractivity contribution in [1.29, 1.82) is 0 Å². The van der Waals surface area contributed by atoms with Crippen LogP contribution in [-0.4, -0.2) is 35.2 Å². The summed E-state index contributed by atoms with van der Waals surface area (Å²) in [5.41, 5.74) is 2.93. The number of amides is 1. The fraction of sp³-hybridized carbons (Fsp3) is 0.304. The monoisotopic (exact) mass is 392 g/mol. The van der Waals surface area contributed by atoms with Gasteiger partial charge in [-0.05, 0) is 54.7 Å². The predicted octanol–water partition coefficient (Wildman–Crippen LogP) is 3.93. The Morgan fingerprint density at radius 1 is 1.17 bits per heavy atom. The summed E-state index contributed by atoms with van der Waals surface area (Å²) < 4.78 is 13.1. The Kier molecular flexibility index (Phi) is 5.89. The summed E-state index contributed by atoms with van der Waals surface area (Å²) in [4.78, 5) is 14.6. The van der Waals surface area contributed by atoms with Gasteiger partial charge in [0.2, 0.25) is 5.91 Å². The number of aromatic nitrogens is 2. The highest BCUT2D eigenvalue weighted by atomic mass is 19.1. The zero-order chi connectivity index (χ0) is 20.1. The number of hydrogen-bond donors (Lipinski definition) is 2. The van der Waals surface area contributed by atoms with Crippen molar-refractivity contribution in [2.45, 2.75) is 31.7 Å². The molecule has 0 aliphatic carbocycles. The second-order valence-corrected chi connectivity index (χ2v) is 7.48. The summed E-state index contributed by atoms with van der Waals surface area (Å²) in [6, 6.07) is 18.5. The highest BCUT2D eigenvalue weighted by molar-refractivity contribution is 5.76. The SMILES string of the molecule is O=C(CCc1ccccc1)NC1CCCN(c2cc(-c3ccc(F)cc3)[nH]n2)C1. The van der Waals surface area contributed by atoms with E-state index >= 15 is 0 Å². The molecule has 0 bridgehead atoms. The van der Waals surface area contributed by atoms with Gasteiger partial charge in [0.15, 0.2) is 5.82 Å². The van der Waals surface area contributed by atoms with E-state index in [-0.39, 0.29) is 17.8 Å². The summed E-state index contributed by atoms with van der Waals surface area (Å²) in [5.74, 6) is 0.692. The van der Waals surface area contributed by atoms with Gasteiger partial charge >= 0.3 is 0 Å². The zero-order valence-electron chi connectivity index (χ0n) is 16.3. The summed E-state index contributed by atoms with van der Waals surface area (Å²) in [7, 11) is 0. The highest BCUT2D eigenvalue weighted by Crippen LogP contribution is 2.24. The molecule has 0 spiro atoms. The third kappa shape index (κ3) is 5.02. The smallest absolute Gasteiger partial charge is 0.220 e. The van der Waals surface area contributed by atoms with Crippen molar-refractivity contribution in [2.75, 3.05) is 18.0 Å². The number of anilines is 1. The van der Waals surface area contributed by atoms with E-state index in [1.54, 1.807) is 12.1 Å². The largest absolute Gasteiger partial charge is 0.353 e. The maximum absolute atomic E-state index is 13.1. The molecule has 2 aromatic carbocycles. The van der Waals surface area contributed by atoms with Crippen molar-refractivity contribution in [3.63, 3.8) is 0 Å². The lowest BCUT2D eigenvalue weighted by molar-refractivity contribution is -0.121.